The standard InChI is InChI=1S/C10H16F3N3O2.ClH/c1-15(8(17)6-10(11,12)13)7-9(18)16-4-2-14-3-5-16;/h14H,2-7H2,1H3;1H. The molecule has 2 amide bonds. The lowest BCUT2D eigenvalue weighted by Crippen LogP contribution is -2.50. The van der Waals surface area contributed by atoms with Crippen molar-refractivity contribution < 1.29 is 22.8 Å². The maximum Gasteiger partial charge on any atom is 0.397 e. The molecule has 0 aromatic carbocycles. The van der Waals surface area contributed by atoms with Gasteiger partial charge in [-0.2, -0.15) is 13.2 Å². The van der Waals surface area contributed by atoms with E-state index in [1.807, 2.05) is 0 Å². The molecule has 0 atom stereocenters. The summed E-state index contributed by atoms with van der Waals surface area (Å²) in [5, 5.41) is 3.05. The molecule has 0 aromatic heterocycles. The second-order valence-corrected chi connectivity index (χ2v) is 4.17. The lowest BCUT2D eigenvalue weighted by Gasteiger charge is -2.29. The fraction of sp³-hybridized carbons (Fsp3) is 0.800. The van der Waals surface area contributed by atoms with Gasteiger partial charge >= 0.3 is 6.18 Å². The van der Waals surface area contributed by atoms with Gasteiger partial charge in [-0.25, -0.2) is 0 Å². The van der Waals surface area contributed by atoms with E-state index in [2.05, 4.69) is 5.32 Å². The average molecular weight is 304 g/mol. The van der Waals surface area contributed by atoms with Gasteiger partial charge in [0.2, 0.25) is 11.8 Å². The fourth-order valence-electron chi connectivity index (χ4n) is 1.61. The molecule has 112 valence electrons. The van der Waals surface area contributed by atoms with Crippen molar-refractivity contribution >= 4 is 24.2 Å². The number of nitrogens with one attached hydrogen (secondary N) is 1. The van der Waals surface area contributed by atoms with E-state index in [1.165, 1.54) is 11.9 Å². The van der Waals surface area contributed by atoms with E-state index in [9.17, 15) is 22.8 Å². The summed E-state index contributed by atoms with van der Waals surface area (Å²) in [7, 11) is 1.20. The number of carbonyl (C=O) groups excluding carboxylic acids is 2. The summed E-state index contributed by atoms with van der Waals surface area (Å²) in [6.45, 7) is 2.03. The Kier molecular flexibility index (Phi) is 7.14. The van der Waals surface area contributed by atoms with Crippen molar-refractivity contribution in [2.24, 2.45) is 0 Å². The van der Waals surface area contributed by atoms with Crippen LogP contribution in [0.4, 0.5) is 13.2 Å². The predicted octanol–water partition coefficient (Wildman–Crippen LogP) is 0.251. The van der Waals surface area contributed by atoms with Crippen LogP contribution in [0.3, 0.4) is 0 Å². The average Bonchev–Trinajstić information content (AvgIpc) is 2.27. The quantitative estimate of drug-likeness (QED) is 0.813. The Hall–Kier alpha value is -1.02. The number of alkyl halides is 3. The number of carbonyl (C=O) groups is 2. The van der Waals surface area contributed by atoms with E-state index >= 15 is 0 Å². The monoisotopic (exact) mass is 303 g/mol. The Morgan fingerprint density at radius 1 is 1.26 bits per heavy atom. The Balaban J connectivity index is 0.00000324. The molecule has 0 aromatic rings. The van der Waals surface area contributed by atoms with Crippen LogP contribution in [0, 0.1) is 0 Å². The van der Waals surface area contributed by atoms with Gasteiger partial charge in [0, 0.05) is 33.2 Å². The van der Waals surface area contributed by atoms with Crippen LogP contribution in [0.1, 0.15) is 6.42 Å². The zero-order valence-electron chi connectivity index (χ0n) is 10.5. The molecule has 1 heterocycles. The first-order valence-electron chi connectivity index (χ1n) is 5.59. The Morgan fingerprint density at radius 3 is 2.26 bits per heavy atom. The van der Waals surface area contributed by atoms with Crippen LogP contribution in [0.2, 0.25) is 0 Å². The number of amides is 2. The van der Waals surface area contributed by atoms with Crippen LogP contribution in [-0.4, -0.2) is 67.6 Å². The van der Waals surface area contributed by atoms with Crippen molar-refractivity contribution in [3.05, 3.63) is 0 Å². The highest BCUT2D eigenvalue weighted by Gasteiger charge is 2.33. The second kappa shape index (κ2) is 7.54. The first-order chi connectivity index (χ1) is 8.29. The van der Waals surface area contributed by atoms with Crippen LogP contribution in [0.5, 0.6) is 0 Å². The molecule has 0 saturated carbocycles. The minimum absolute atomic E-state index is 0. The Labute approximate surface area is 115 Å². The SMILES string of the molecule is CN(CC(=O)N1CCNCC1)C(=O)CC(F)(F)F.Cl. The molecule has 0 bridgehead atoms. The molecular formula is C10H17ClF3N3O2. The van der Waals surface area contributed by atoms with Crippen molar-refractivity contribution in [1.82, 2.24) is 15.1 Å². The number of rotatable bonds is 3. The predicted molar refractivity (Wildman–Crippen MR) is 65.0 cm³/mol. The van der Waals surface area contributed by atoms with E-state index in [0.29, 0.717) is 26.2 Å². The minimum atomic E-state index is -4.54. The molecule has 1 aliphatic heterocycles. The molecule has 0 unspecified atom stereocenters. The van der Waals surface area contributed by atoms with Crippen LogP contribution in [-0.2, 0) is 9.59 Å². The smallest absolute Gasteiger partial charge is 0.339 e. The maximum absolute atomic E-state index is 12.0. The van der Waals surface area contributed by atoms with Crippen LogP contribution in [0.15, 0.2) is 0 Å². The molecule has 1 saturated heterocycles. The molecule has 1 N–H and O–H groups in total. The highest BCUT2D eigenvalue weighted by atomic mass is 35.5. The zero-order valence-corrected chi connectivity index (χ0v) is 11.3. The van der Waals surface area contributed by atoms with Crippen molar-refractivity contribution in [3.63, 3.8) is 0 Å². The van der Waals surface area contributed by atoms with Crippen molar-refractivity contribution in [3.8, 4) is 0 Å². The van der Waals surface area contributed by atoms with Crippen LogP contribution >= 0.6 is 12.4 Å². The van der Waals surface area contributed by atoms with Gasteiger partial charge in [-0.15, -0.1) is 12.4 Å². The third-order valence-corrected chi connectivity index (χ3v) is 2.62. The molecule has 0 aliphatic carbocycles. The number of halogens is 4. The molecule has 5 nitrogen and oxygen atoms in total. The normalized spacial score (nSPS) is 15.7. The summed E-state index contributed by atoms with van der Waals surface area (Å²) in [4.78, 5) is 25.3. The summed E-state index contributed by atoms with van der Waals surface area (Å²) >= 11 is 0. The summed E-state index contributed by atoms with van der Waals surface area (Å²) in [5.41, 5.74) is 0. The first kappa shape index (κ1) is 18.0. The van der Waals surface area contributed by atoms with E-state index < -0.39 is 18.5 Å². The first-order valence-corrected chi connectivity index (χ1v) is 5.59. The van der Waals surface area contributed by atoms with Gasteiger partial charge in [0.15, 0.2) is 0 Å². The molecule has 19 heavy (non-hydrogen) atoms. The maximum atomic E-state index is 12.0. The van der Waals surface area contributed by atoms with Gasteiger partial charge in [-0.05, 0) is 0 Å². The highest BCUT2D eigenvalue weighted by molar-refractivity contribution is 5.85. The molecule has 9 heteroatoms. The van der Waals surface area contributed by atoms with Gasteiger partial charge in [-0.1, -0.05) is 0 Å². The summed E-state index contributed by atoms with van der Waals surface area (Å²) in [6, 6.07) is 0. The molecule has 1 rings (SSSR count). The van der Waals surface area contributed by atoms with E-state index in [1.54, 1.807) is 0 Å². The van der Waals surface area contributed by atoms with Crippen LogP contribution < -0.4 is 5.32 Å². The fourth-order valence-corrected chi connectivity index (χ4v) is 1.61. The molecule has 0 radical (unpaired) electrons. The third kappa shape index (κ3) is 6.63. The highest BCUT2D eigenvalue weighted by Crippen LogP contribution is 2.20. The number of likely N-dealkylation sites (N-methyl/N-ethyl adjacent to an activating group) is 1. The van der Waals surface area contributed by atoms with Gasteiger partial charge < -0.3 is 15.1 Å². The zero-order chi connectivity index (χ0) is 13.8. The number of hydrogen-bond donors (Lipinski definition) is 1. The van der Waals surface area contributed by atoms with Gasteiger partial charge in [0.25, 0.3) is 0 Å². The largest absolute Gasteiger partial charge is 0.397 e. The topological polar surface area (TPSA) is 52.7 Å². The molecular weight excluding hydrogens is 287 g/mol. The Bertz CT molecular complexity index is 320. The number of piperazine rings is 1. The van der Waals surface area contributed by atoms with Crippen LogP contribution in [0.25, 0.3) is 0 Å². The second-order valence-electron chi connectivity index (χ2n) is 4.17. The lowest BCUT2D eigenvalue weighted by molar-refractivity contribution is -0.162. The van der Waals surface area contributed by atoms with E-state index in [0.717, 1.165) is 4.90 Å². The molecule has 1 fully saturated rings. The number of nitrogens with zero attached hydrogens (tertiary/aromatic N) is 2. The minimum Gasteiger partial charge on any atom is -0.339 e. The van der Waals surface area contributed by atoms with Gasteiger partial charge in [-0.3, -0.25) is 9.59 Å². The van der Waals surface area contributed by atoms with Gasteiger partial charge in [0.05, 0.1) is 6.54 Å². The van der Waals surface area contributed by atoms with E-state index in [-0.39, 0.29) is 24.9 Å². The van der Waals surface area contributed by atoms with Crippen molar-refractivity contribution in [2.75, 3.05) is 39.8 Å². The van der Waals surface area contributed by atoms with E-state index in [4.69, 9.17) is 0 Å². The number of hydrogen-bond acceptors (Lipinski definition) is 3. The van der Waals surface area contributed by atoms with Crippen molar-refractivity contribution in [2.45, 2.75) is 12.6 Å². The molecule has 1 aliphatic rings. The molecule has 0 spiro atoms. The van der Waals surface area contributed by atoms with Gasteiger partial charge in [0.1, 0.15) is 6.42 Å². The Morgan fingerprint density at radius 2 is 1.79 bits per heavy atom. The summed E-state index contributed by atoms with van der Waals surface area (Å²) in [5.74, 6) is -1.42. The van der Waals surface area contributed by atoms with Crippen molar-refractivity contribution in [1.29, 1.82) is 0 Å². The lowest BCUT2D eigenvalue weighted by atomic mass is 10.3. The third-order valence-electron chi connectivity index (χ3n) is 2.62. The summed E-state index contributed by atoms with van der Waals surface area (Å²) < 4.78 is 36.0. The summed E-state index contributed by atoms with van der Waals surface area (Å²) in [6.07, 6.45) is -6.07.